The molecule has 0 spiro atoms. The highest BCUT2D eigenvalue weighted by Crippen LogP contribution is 2.24. The number of halogens is 1. The van der Waals surface area contributed by atoms with Gasteiger partial charge in [0.2, 0.25) is 0 Å². The molecule has 0 radical (unpaired) electrons. The van der Waals surface area contributed by atoms with E-state index in [0.29, 0.717) is 10.5 Å². The van der Waals surface area contributed by atoms with E-state index >= 15 is 0 Å². The summed E-state index contributed by atoms with van der Waals surface area (Å²) >= 11 is 4.62. The molecule has 0 atom stereocenters. The third-order valence-corrected chi connectivity index (χ3v) is 3.23. The van der Waals surface area contributed by atoms with Crippen molar-refractivity contribution in [2.45, 2.75) is 12.3 Å². The van der Waals surface area contributed by atoms with Crippen LogP contribution < -0.4 is 5.32 Å². The minimum Gasteiger partial charge on any atom is -0.465 e. The van der Waals surface area contributed by atoms with Gasteiger partial charge in [-0.15, -0.1) is 11.3 Å². The van der Waals surface area contributed by atoms with E-state index in [1.165, 1.54) is 11.3 Å². The summed E-state index contributed by atoms with van der Waals surface area (Å²) in [6.07, 6.45) is -1.08. The average molecular weight is 251 g/mol. The summed E-state index contributed by atoms with van der Waals surface area (Å²) in [6.45, 7) is 1.85. The zero-order chi connectivity index (χ0) is 9.14. The molecule has 0 fully saturated rings. The number of nitrogens with one attached hydrogen (secondary N) is 1. The molecule has 0 saturated heterocycles. The third-order valence-electron chi connectivity index (χ3n) is 1.23. The van der Waals surface area contributed by atoms with Crippen LogP contribution in [0.25, 0.3) is 0 Å². The Morgan fingerprint density at radius 3 is 2.92 bits per heavy atom. The maximum Gasteiger partial charge on any atom is 0.410 e. The second-order valence-corrected chi connectivity index (χ2v) is 3.74. The number of nitrogens with zero attached hydrogens (tertiary/aromatic N) is 1. The summed E-state index contributed by atoms with van der Waals surface area (Å²) < 4.78 is 0. The monoisotopic (exact) mass is 250 g/mol. The predicted molar refractivity (Wildman–Crippen MR) is 51.1 cm³/mol. The summed E-state index contributed by atoms with van der Waals surface area (Å²) in [5, 5.41) is 11.7. The van der Waals surface area contributed by atoms with Crippen LogP contribution in [-0.4, -0.2) is 16.2 Å². The number of hydrogen-bond acceptors (Lipinski definition) is 3. The second kappa shape index (κ2) is 3.86. The molecule has 0 aliphatic carbocycles. The van der Waals surface area contributed by atoms with Gasteiger partial charge in [-0.1, -0.05) is 15.9 Å². The van der Waals surface area contributed by atoms with Crippen molar-refractivity contribution in [1.29, 1.82) is 0 Å². The molecule has 0 aliphatic heterocycles. The Labute approximate surface area is 81.8 Å². The quantitative estimate of drug-likeness (QED) is 0.793. The first-order chi connectivity index (χ1) is 5.63. The Kier molecular flexibility index (Phi) is 3.05. The molecule has 1 aromatic heterocycles. The van der Waals surface area contributed by atoms with Crippen LogP contribution in [0.4, 0.5) is 9.93 Å². The molecule has 1 amide bonds. The molecule has 0 unspecified atom stereocenters. The Hall–Kier alpha value is -0.620. The van der Waals surface area contributed by atoms with Crippen LogP contribution in [0.1, 0.15) is 10.6 Å². The fourth-order valence-corrected chi connectivity index (χ4v) is 2.25. The van der Waals surface area contributed by atoms with E-state index in [-0.39, 0.29) is 0 Å². The number of hydrogen-bond donors (Lipinski definition) is 2. The van der Waals surface area contributed by atoms with Gasteiger partial charge in [0.1, 0.15) is 0 Å². The first-order valence-electron chi connectivity index (χ1n) is 3.15. The van der Waals surface area contributed by atoms with E-state index in [0.717, 1.165) is 10.6 Å². The van der Waals surface area contributed by atoms with Gasteiger partial charge in [0, 0.05) is 10.2 Å². The van der Waals surface area contributed by atoms with Crippen molar-refractivity contribution < 1.29 is 9.90 Å². The normalized spacial score (nSPS) is 9.83. The first kappa shape index (κ1) is 9.47. The molecule has 1 rings (SSSR count). The highest BCUT2D eigenvalue weighted by molar-refractivity contribution is 9.08. The van der Waals surface area contributed by atoms with Gasteiger partial charge in [-0.2, -0.15) is 0 Å². The van der Waals surface area contributed by atoms with Crippen molar-refractivity contribution in [2.75, 3.05) is 5.32 Å². The van der Waals surface area contributed by atoms with E-state index in [2.05, 4.69) is 26.2 Å². The molecule has 1 heterocycles. The van der Waals surface area contributed by atoms with Crippen LogP contribution in [-0.2, 0) is 5.33 Å². The number of aromatic nitrogens is 1. The lowest BCUT2D eigenvalue weighted by atomic mass is 10.4. The van der Waals surface area contributed by atoms with E-state index < -0.39 is 6.09 Å². The van der Waals surface area contributed by atoms with Crippen molar-refractivity contribution in [3.05, 3.63) is 10.6 Å². The van der Waals surface area contributed by atoms with Crippen molar-refractivity contribution >= 4 is 38.5 Å². The second-order valence-electron chi connectivity index (χ2n) is 2.09. The molecule has 1 aromatic rings. The summed E-state index contributed by atoms with van der Waals surface area (Å²) in [6, 6.07) is 0. The largest absolute Gasteiger partial charge is 0.465 e. The van der Waals surface area contributed by atoms with Crippen LogP contribution in [0, 0.1) is 6.92 Å². The zero-order valence-corrected chi connectivity index (χ0v) is 8.70. The fraction of sp³-hybridized carbons (Fsp3) is 0.333. The van der Waals surface area contributed by atoms with Gasteiger partial charge in [0.05, 0.1) is 5.69 Å². The van der Waals surface area contributed by atoms with Gasteiger partial charge < -0.3 is 5.11 Å². The Morgan fingerprint density at radius 1 is 1.83 bits per heavy atom. The van der Waals surface area contributed by atoms with E-state index in [4.69, 9.17) is 5.11 Å². The maximum absolute atomic E-state index is 10.2. The minimum absolute atomic E-state index is 0.425. The van der Waals surface area contributed by atoms with Gasteiger partial charge in [0.15, 0.2) is 5.13 Å². The number of thiazole rings is 1. The van der Waals surface area contributed by atoms with Crippen molar-refractivity contribution in [1.82, 2.24) is 4.98 Å². The molecule has 4 nitrogen and oxygen atoms in total. The van der Waals surface area contributed by atoms with Gasteiger partial charge in [-0.3, -0.25) is 5.32 Å². The molecule has 66 valence electrons. The Balaban J connectivity index is 2.82. The molecule has 0 bridgehead atoms. The van der Waals surface area contributed by atoms with Crippen LogP contribution in [0.15, 0.2) is 0 Å². The van der Waals surface area contributed by atoms with Crippen LogP contribution in [0.3, 0.4) is 0 Å². The number of anilines is 1. The maximum atomic E-state index is 10.2. The number of carboxylic acid groups (broad SMARTS) is 1. The molecule has 0 aromatic carbocycles. The summed E-state index contributed by atoms with van der Waals surface area (Å²) in [4.78, 5) is 15.3. The molecule has 2 N–H and O–H groups in total. The van der Waals surface area contributed by atoms with Crippen molar-refractivity contribution in [3.63, 3.8) is 0 Å². The van der Waals surface area contributed by atoms with Gasteiger partial charge >= 0.3 is 6.09 Å². The van der Waals surface area contributed by atoms with E-state index in [1.807, 2.05) is 6.92 Å². The van der Waals surface area contributed by atoms with Crippen molar-refractivity contribution in [3.8, 4) is 0 Å². The van der Waals surface area contributed by atoms with Gasteiger partial charge in [0.25, 0.3) is 0 Å². The summed E-state index contributed by atoms with van der Waals surface area (Å²) in [5.74, 6) is 0. The topological polar surface area (TPSA) is 62.2 Å². The summed E-state index contributed by atoms with van der Waals surface area (Å²) in [7, 11) is 0. The number of alkyl halides is 1. The summed E-state index contributed by atoms with van der Waals surface area (Å²) in [5.41, 5.74) is 0.862. The smallest absolute Gasteiger partial charge is 0.410 e. The number of rotatable bonds is 2. The SMILES string of the molecule is Cc1nc(NC(=O)O)sc1CBr. The molecule has 6 heteroatoms. The van der Waals surface area contributed by atoms with E-state index in [9.17, 15) is 4.79 Å². The highest BCUT2D eigenvalue weighted by atomic mass is 79.9. The zero-order valence-electron chi connectivity index (χ0n) is 6.30. The van der Waals surface area contributed by atoms with Crippen LogP contribution >= 0.6 is 27.3 Å². The lowest BCUT2D eigenvalue weighted by Crippen LogP contribution is -2.06. The minimum atomic E-state index is -1.08. The number of amides is 1. The van der Waals surface area contributed by atoms with Gasteiger partial charge in [-0.05, 0) is 6.92 Å². The van der Waals surface area contributed by atoms with E-state index in [1.54, 1.807) is 0 Å². The van der Waals surface area contributed by atoms with Crippen LogP contribution in [0.5, 0.6) is 0 Å². The van der Waals surface area contributed by atoms with Gasteiger partial charge in [-0.25, -0.2) is 9.78 Å². The highest BCUT2D eigenvalue weighted by Gasteiger charge is 2.07. The molecule has 0 aliphatic rings. The third kappa shape index (κ3) is 2.18. The lowest BCUT2D eigenvalue weighted by Gasteiger charge is -1.90. The fourth-order valence-electron chi connectivity index (χ4n) is 0.697. The number of aryl methyl sites for hydroxylation is 1. The Bertz CT molecular complexity index is 300. The standard InChI is InChI=1S/C6H7BrN2O2S/c1-3-4(2-7)12-5(8-3)9-6(10)11/h2H2,1H3,(H,8,9)(H,10,11). The molecular weight excluding hydrogens is 244 g/mol. The lowest BCUT2D eigenvalue weighted by molar-refractivity contribution is 0.209. The first-order valence-corrected chi connectivity index (χ1v) is 5.09. The molecule has 12 heavy (non-hydrogen) atoms. The Morgan fingerprint density at radius 2 is 2.50 bits per heavy atom. The van der Waals surface area contributed by atoms with Crippen LogP contribution in [0.2, 0.25) is 0 Å². The average Bonchev–Trinajstić information content (AvgIpc) is 2.29. The number of carbonyl (C=O) groups is 1. The molecule has 0 saturated carbocycles. The molecular formula is C6H7BrN2O2S. The predicted octanol–water partition coefficient (Wildman–Crippen LogP) is 2.44. The van der Waals surface area contributed by atoms with Crippen molar-refractivity contribution in [2.24, 2.45) is 0 Å².